The molecule has 0 nitrogen and oxygen atoms in total. The van der Waals surface area contributed by atoms with Crippen molar-refractivity contribution in [2.45, 2.75) is 33.1 Å². The van der Waals surface area contributed by atoms with Gasteiger partial charge >= 0.3 is 0 Å². The number of rotatable bonds is 2. The van der Waals surface area contributed by atoms with Crippen LogP contribution in [0.2, 0.25) is 0 Å². The van der Waals surface area contributed by atoms with Crippen LogP contribution in [0, 0.1) is 5.92 Å². The van der Waals surface area contributed by atoms with Crippen LogP contribution in [-0.4, -0.2) is 0 Å². The first kappa shape index (κ1) is 9.31. The highest BCUT2D eigenvalue weighted by Crippen LogP contribution is 2.24. The fraction of sp³-hybridized carbons (Fsp3) is 0.500. The molecule has 0 saturated carbocycles. The van der Waals surface area contributed by atoms with Gasteiger partial charge in [-0.2, -0.15) is 0 Å². The zero-order valence-corrected chi connectivity index (χ0v) is 8.09. The van der Waals surface area contributed by atoms with E-state index in [1.165, 1.54) is 24.8 Å². The Balaban J connectivity index is 2.54. The Morgan fingerprint density at radius 3 is 2.92 bits per heavy atom. The molecule has 1 unspecified atom stereocenters. The fourth-order valence-corrected chi connectivity index (χ4v) is 1.57. The molecule has 66 valence electrons. The number of hydrogen-bond acceptors (Lipinski definition) is 0. The summed E-state index contributed by atoms with van der Waals surface area (Å²) in [6, 6.07) is 0. The summed E-state index contributed by atoms with van der Waals surface area (Å²) in [5, 5.41) is 0. The standard InChI is InChI=1S/C12H18/c1-3-4-5-9-12-10-7-6-8-11(12)2/h3-5,9-11H,6-8H2,1-2H3/b4-3-,9-5-. The second-order valence-electron chi connectivity index (χ2n) is 3.42. The summed E-state index contributed by atoms with van der Waals surface area (Å²) in [6.45, 7) is 4.36. The van der Waals surface area contributed by atoms with E-state index in [2.05, 4.69) is 37.3 Å². The Morgan fingerprint density at radius 1 is 1.42 bits per heavy atom. The molecule has 1 rings (SSSR count). The molecule has 0 bridgehead atoms. The van der Waals surface area contributed by atoms with Gasteiger partial charge in [-0.05, 0) is 37.7 Å². The second-order valence-corrected chi connectivity index (χ2v) is 3.42. The van der Waals surface area contributed by atoms with E-state index in [-0.39, 0.29) is 0 Å². The minimum atomic E-state index is 0.764. The topological polar surface area (TPSA) is 0 Å². The van der Waals surface area contributed by atoms with Crippen molar-refractivity contribution in [3.05, 3.63) is 36.0 Å². The van der Waals surface area contributed by atoms with Crippen LogP contribution in [-0.2, 0) is 0 Å². The fourth-order valence-electron chi connectivity index (χ4n) is 1.57. The first-order valence-corrected chi connectivity index (χ1v) is 4.84. The Bertz CT molecular complexity index is 206. The summed E-state index contributed by atoms with van der Waals surface area (Å²) in [7, 11) is 0. The minimum absolute atomic E-state index is 0.764. The van der Waals surface area contributed by atoms with E-state index in [1.54, 1.807) is 0 Å². The van der Waals surface area contributed by atoms with Gasteiger partial charge in [0, 0.05) is 0 Å². The molecule has 1 aliphatic rings. The maximum atomic E-state index is 2.37. The van der Waals surface area contributed by atoms with Crippen LogP contribution in [0.1, 0.15) is 33.1 Å². The lowest BCUT2D eigenvalue weighted by molar-refractivity contribution is 0.563. The van der Waals surface area contributed by atoms with Gasteiger partial charge in [0.1, 0.15) is 0 Å². The maximum absolute atomic E-state index is 2.37. The molecule has 0 aliphatic heterocycles. The number of allylic oxidation sites excluding steroid dienone is 6. The van der Waals surface area contributed by atoms with E-state index < -0.39 is 0 Å². The highest BCUT2D eigenvalue weighted by Gasteiger charge is 2.08. The molecule has 0 amide bonds. The van der Waals surface area contributed by atoms with Gasteiger partial charge < -0.3 is 0 Å². The Morgan fingerprint density at radius 2 is 2.25 bits per heavy atom. The van der Waals surface area contributed by atoms with Crippen molar-refractivity contribution in [1.29, 1.82) is 0 Å². The van der Waals surface area contributed by atoms with Gasteiger partial charge in [-0.25, -0.2) is 0 Å². The van der Waals surface area contributed by atoms with E-state index in [1.807, 2.05) is 6.92 Å². The Labute approximate surface area is 75.7 Å². The van der Waals surface area contributed by atoms with Gasteiger partial charge in [0.25, 0.3) is 0 Å². The average molecular weight is 162 g/mol. The van der Waals surface area contributed by atoms with Crippen LogP contribution < -0.4 is 0 Å². The van der Waals surface area contributed by atoms with E-state index in [0.717, 1.165) is 5.92 Å². The molecular formula is C12H18. The van der Waals surface area contributed by atoms with E-state index in [4.69, 9.17) is 0 Å². The summed E-state index contributed by atoms with van der Waals surface area (Å²) in [6.07, 6.45) is 14.9. The van der Waals surface area contributed by atoms with Crippen molar-refractivity contribution >= 4 is 0 Å². The molecular weight excluding hydrogens is 144 g/mol. The third kappa shape index (κ3) is 2.69. The Kier molecular flexibility index (Phi) is 3.86. The molecule has 0 heteroatoms. The summed E-state index contributed by atoms with van der Waals surface area (Å²) >= 11 is 0. The third-order valence-corrected chi connectivity index (χ3v) is 2.38. The van der Waals surface area contributed by atoms with Gasteiger partial charge in [0.2, 0.25) is 0 Å². The Hall–Kier alpha value is -0.780. The highest BCUT2D eigenvalue weighted by molar-refractivity contribution is 5.25. The van der Waals surface area contributed by atoms with Gasteiger partial charge in [-0.15, -0.1) is 0 Å². The summed E-state index contributed by atoms with van der Waals surface area (Å²) < 4.78 is 0. The lowest BCUT2D eigenvalue weighted by Gasteiger charge is -2.17. The van der Waals surface area contributed by atoms with E-state index in [0.29, 0.717) is 0 Å². The highest BCUT2D eigenvalue weighted by atomic mass is 14.1. The lowest BCUT2D eigenvalue weighted by atomic mass is 9.89. The van der Waals surface area contributed by atoms with Crippen LogP contribution >= 0.6 is 0 Å². The van der Waals surface area contributed by atoms with Crippen molar-refractivity contribution in [2.24, 2.45) is 5.92 Å². The predicted octanol–water partition coefficient (Wildman–Crippen LogP) is 3.87. The van der Waals surface area contributed by atoms with Crippen molar-refractivity contribution in [1.82, 2.24) is 0 Å². The minimum Gasteiger partial charge on any atom is -0.0877 e. The van der Waals surface area contributed by atoms with Gasteiger partial charge in [-0.3, -0.25) is 0 Å². The molecule has 1 atom stereocenters. The van der Waals surface area contributed by atoms with Crippen molar-refractivity contribution in [2.75, 3.05) is 0 Å². The first-order chi connectivity index (χ1) is 5.84. The third-order valence-electron chi connectivity index (χ3n) is 2.38. The van der Waals surface area contributed by atoms with Crippen LogP contribution in [0.5, 0.6) is 0 Å². The largest absolute Gasteiger partial charge is 0.0877 e. The molecule has 0 aromatic heterocycles. The molecule has 1 aliphatic carbocycles. The molecule has 0 aromatic carbocycles. The van der Waals surface area contributed by atoms with Gasteiger partial charge in [-0.1, -0.05) is 37.3 Å². The van der Waals surface area contributed by atoms with Gasteiger partial charge in [0.05, 0.1) is 0 Å². The predicted molar refractivity (Wildman–Crippen MR) is 55.1 cm³/mol. The molecule has 0 heterocycles. The van der Waals surface area contributed by atoms with Crippen LogP contribution in [0.15, 0.2) is 36.0 Å². The molecule has 0 aromatic rings. The lowest BCUT2D eigenvalue weighted by Crippen LogP contribution is -2.01. The van der Waals surface area contributed by atoms with E-state index >= 15 is 0 Å². The van der Waals surface area contributed by atoms with Crippen molar-refractivity contribution in [3.8, 4) is 0 Å². The molecule has 0 saturated heterocycles. The normalized spacial score (nSPS) is 25.2. The van der Waals surface area contributed by atoms with E-state index in [9.17, 15) is 0 Å². The maximum Gasteiger partial charge on any atom is -0.0193 e. The molecule has 0 fully saturated rings. The van der Waals surface area contributed by atoms with Gasteiger partial charge in [0.15, 0.2) is 0 Å². The monoisotopic (exact) mass is 162 g/mol. The van der Waals surface area contributed by atoms with Crippen molar-refractivity contribution in [3.63, 3.8) is 0 Å². The van der Waals surface area contributed by atoms with Crippen LogP contribution in [0.4, 0.5) is 0 Å². The molecule has 0 spiro atoms. The zero-order valence-electron chi connectivity index (χ0n) is 8.09. The first-order valence-electron chi connectivity index (χ1n) is 4.84. The van der Waals surface area contributed by atoms with Crippen LogP contribution in [0.3, 0.4) is 0 Å². The summed E-state index contributed by atoms with van der Waals surface area (Å²) in [4.78, 5) is 0. The SMILES string of the molecule is C/C=C\C=C/C1=CCCCC1C. The second kappa shape index (κ2) is 4.97. The summed E-state index contributed by atoms with van der Waals surface area (Å²) in [5.74, 6) is 0.764. The number of hydrogen-bond donors (Lipinski definition) is 0. The van der Waals surface area contributed by atoms with Crippen LogP contribution in [0.25, 0.3) is 0 Å². The average Bonchev–Trinajstić information content (AvgIpc) is 2.09. The zero-order chi connectivity index (χ0) is 8.81. The molecule has 0 radical (unpaired) electrons. The molecule has 12 heavy (non-hydrogen) atoms. The summed E-state index contributed by atoms with van der Waals surface area (Å²) in [5.41, 5.74) is 1.51. The quantitative estimate of drug-likeness (QED) is 0.541. The smallest absolute Gasteiger partial charge is 0.0193 e. The van der Waals surface area contributed by atoms with Crippen molar-refractivity contribution < 1.29 is 0 Å². The molecule has 0 N–H and O–H groups in total.